The van der Waals surface area contributed by atoms with Crippen LogP contribution in [0.4, 0.5) is 5.69 Å². The predicted octanol–water partition coefficient (Wildman–Crippen LogP) is 8.52. The number of anilines is 1. The summed E-state index contributed by atoms with van der Waals surface area (Å²) in [5, 5.41) is 6.67. The number of benzene rings is 5. The van der Waals surface area contributed by atoms with Gasteiger partial charge in [0.1, 0.15) is 12.4 Å². The Kier molecular flexibility index (Phi) is 8.61. The highest BCUT2D eigenvalue weighted by atomic mass is 31.2. The van der Waals surface area contributed by atoms with Gasteiger partial charge in [-0.2, -0.15) is 0 Å². The maximum atomic E-state index is 14.3. The molecule has 5 aromatic rings. The number of amides is 1. The number of fused-ring (bicyclic) bond motifs is 2. The molecule has 0 aromatic heterocycles. The summed E-state index contributed by atoms with van der Waals surface area (Å²) in [6.07, 6.45) is 0. The molecule has 0 aliphatic carbocycles. The third-order valence-electron chi connectivity index (χ3n) is 6.64. The van der Waals surface area contributed by atoms with E-state index in [1.165, 1.54) is 0 Å². The van der Waals surface area contributed by atoms with E-state index in [4.69, 9.17) is 13.8 Å². The standard InChI is InChI=1S/C33H32NO5P/c1-3-38-40(36,39-4-2)32(29-20-12-18-25-15-10-11-19-28(25)29)33(35)34-30-21-26-16-8-9-17-27(26)22-31(30)37-23-24-13-6-5-7-14-24/h5-22,32H,3-4,23H2,1-2H3,(H,34,35). The van der Waals surface area contributed by atoms with E-state index in [0.717, 1.165) is 27.1 Å². The van der Waals surface area contributed by atoms with E-state index < -0.39 is 19.2 Å². The van der Waals surface area contributed by atoms with Crippen molar-refractivity contribution in [3.05, 3.63) is 120 Å². The van der Waals surface area contributed by atoms with Crippen LogP contribution in [0.1, 0.15) is 30.6 Å². The molecule has 0 fully saturated rings. The van der Waals surface area contributed by atoms with Crippen LogP contribution in [-0.2, 0) is 25.0 Å². The molecule has 0 bridgehead atoms. The number of hydrogen-bond acceptors (Lipinski definition) is 5. The normalized spacial score (nSPS) is 12.3. The molecule has 0 saturated heterocycles. The lowest BCUT2D eigenvalue weighted by Gasteiger charge is -2.27. The zero-order valence-electron chi connectivity index (χ0n) is 22.6. The molecule has 0 aliphatic heterocycles. The van der Waals surface area contributed by atoms with Gasteiger partial charge >= 0.3 is 7.60 Å². The van der Waals surface area contributed by atoms with Gasteiger partial charge in [-0.3, -0.25) is 9.36 Å². The van der Waals surface area contributed by atoms with Crippen LogP contribution in [0.2, 0.25) is 0 Å². The number of carbonyl (C=O) groups is 1. The Labute approximate surface area is 234 Å². The van der Waals surface area contributed by atoms with E-state index in [9.17, 15) is 9.36 Å². The van der Waals surface area contributed by atoms with Gasteiger partial charge in [-0.25, -0.2) is 0 Å². The van der Waals surface area contributed by atoms with Crippen molar-refractivity contribution in [2.24, 2.45) is 0 Å². The van der Waals surface area contributed by atoms with E-state index in [1.54, 1.807) is 13.8 Å². The summed E-state index contributed by atoms with van der Waals surface area (Å²) in [5.41, 5.74) is 0.850. The molecular formula is C33H32NO5P. The van der Waals surface area contributed by atoms with Crippen LogP contribution in [0.25, 0.3) is 21.5 Å². The van der Waals surface area contributed by atoms with Crippen molar-refractivity contribution in [1.82, 2.24) is 0 Å². The molecule has 0 aliphatic rings. The molecule has 0 radical (unpaired) electrons. The molecule has 6 nitrogen and oxygen atoms in total. The Bertz CT molecular complexity index is 1660. The fourth-order valence-electron chi connectivity index (χ4n) is 4.86. The first-order chi connectivity index (χ1) is 19.5. The van der Waals surface area contributed by atoms with Crippen LogP contribution in [-0.4, -0.2) is 19.1 Å². The van der Waals surface area contributed by atoms with Crippen LogP contribution in [0, 0.1) is 0 Å². The second-order valence-electron chi connectivity index (χ2n) is 9.31. The number of rotatable bonds is 11. The Hall–Kier alpha value is -3.96. The number of nitrogens with one attached hydrogen (secondary N) is 1. The van der Waals surface area contributed by atoms with Crippen molar-refractivity contribution in [2.45, 2.75) is 26.1 Å². The maximum Gasteiger partial charge on any atom is 0.347 e. The Morgan fingerprint density at radius 2 is 1.35 bits per heavy atom. The third-order valence-corrected chi connectivity index (χ3v) is 9.02. The summed E-state index contributed by atoms with van der Waals surface area (Å²) in [7, 11) is -3.93. The summed E-state index contributed by atoms with van der Waals surface area (Å²) >= 11 is 0. The van der Waals surface area contributed by atoms with Crippen molar-refractivity contribution in [2.75, 3.05) is 18.5 Å². The minimum absolute atomic E-state index is 0.132. The molecule has 204 valence electrons. The quantitative estimate of drug-likeness (QED) is 0.166. The Morgan fingerprint density at radius 3 is 2.05 bits per heavy atom. The van der Waals surface area contributed by atoms with Crippen molar-refractivity contribution < 1.29 is 23.1 Å². The smallest absolute Gasteiger partial charge is 0.347 e. The van der Waals surface area contributed by atoms with Crippen LogP contribution in [0.5, 0.6) is 5.75 Å². The third kappa shape index (κ3) is 5.95. The summed E-state index contributed by atoms with van der Waals surface area (Å²) in [4.78, 5) is 14.2. The molecule has 1 N–H and O–H groups in total. The van der Waals surface area contributed by atoms with E-state index in [-0.39, 0.29) is 13.2 Å². The van der Waals surface area contributed by atoms with Crippen LogP contribution in [0.3, 0.4) is 0 Å². The predicted molar refractivity (Wildman–Crippen MR) is 161 cm³/mol. The first kappa shape index (κ1) is 27.6. The van der Waals surface area contributed by atoms with Crippen LogP contribution < -0.4 is 10.1 Å². The molecule has 1 atom stereocenters. The average Bonchev–Trinajstić information content (AvgIpc) is 2.97. The highest BCUT2D eigenvalue weighted by Gasteiger charge is 2.43. The zero-order chi connectivity index (χ0) is 28.0. The van der Waals surface area contributed by atoms with Crippen molar-refractivity contribution >= 4 is 40.7 Å². The van der Waals surface area contributed by atoms with E-state index in [0.29, 0.717) is 23.6 Å². The summed E-state index contributed by atoms with van der Waals surface area (Å²) in [6, 6.07) is 34.8. The lowest BCUT2D eigenvalue weighted by molar-refractivity contribution is -0.116. The van der Waals surface area contributed by atoms with Gasteiger partial charge in [0.2, 0.25) is 5.91 Å². The van der Waals surface area contributed by atoms with E-state index in [2.05, 4.69) is 5.32 Å². The molecule has 7 heteroatoms. The minimum atomic E-state index is -3.93. The molecule has 0 saturated carbocycles. The Morgan fingerprint density at radius 1 is 0.750 bits per heavy atom. The van der Waals surface area contributed by atoms with Gasteiger partial charge < -0.3 is 19.1 Å². The van der Waals surface area contributed by atoms with Gasteiger partial charge in [0.25, 0.3) is 0 Å². The fourth-order valence-corrected chi connectivity index (χ4v) is 6.87. The molecule has 40 heavy (non-hydrogen) atoms. The lowest BCUT2D eigenvalue weighted by Crippen LogP contribution is -2.24. The van der Waals surface area contributed by atoms with E-state index >= 15 is 0 Å². The summed E-state index contributed by atoms with van der Waals surface area (Å²) in [5.74, 6) is 0.0108. The number of carbonyl (C=O) groups excluding carboxylic acids is 1. The van der Waals surface area contributed by atoms with Crippen molar-refractivity contribution in [3.8, 4) is 5.75 Å². The molecule has 1 amide bonds. The Balaban J connectivity index is 1.58. The number of hydrogen-bond donors (Lipinski definition) is 1. The van der Waals surface area contributed by atoms with Crippen molar-refractivity contribution in [3.63, 3.8) is 0 Å². The van der Waals surface area contributed by atoms with Crippen LogP contribution >= 0.6 is 7.60 Å². The summed E-state index contributed by atoms with van der Waals surface area (Å²) in [6.45, 7) is 4.07. The second kappa shape index (κ2) is 12.5. The first-order valence-electron chi connectivity index (χ1n) is 13.4. The van der Waals surface area contributed by atoms with Gasteiger partial charge in [-0.05, 0) is 58.7 Å². The van der Waals surface area contributed by atoms with Gasteiger partial charge in [0.05, 0.1) is 18.9 Å². The topological polar surface area (TPSA) is 73.9 Å². The zero-order valence-corrected chi connectivity index (χ0v) is 23.5. The highest BCUT2D eigenvalue weighted by Crippen LogP contribution is 2.62. The molecule has 0 spiro atoms. The second-order valence-corrected chi connectivity index (χ2v) is 11.4. The van der Waals surface area contributed by atoms with Gasteiger partial charge in [0, 0.05) is 0 Å². The lowest BCUT2D eigenvalue weighted by atomic mass is 10.0. The van der Waals surface area contributed by atoms with Gasteiger partial charge in [0.15, 0.2) is 5.66 Å². The SMILES string of the molecule is CCOP(=O)(OCC)C(C(=O)Nc1cc2ccccc2cc1OCc1ccccc1)c1cccc2ccccc12. The molecular weight excluding hydrogens is 521 g/mol. The van der Waals surface area contributed by atoms with Crippen molar-refractivity contribution in [1.29, 1.82) is 0 Å². The molecule has 1 unspecified atom stereocenters. The maximum absolute atomic E-state index is 14.3. The molecule has 5 aromatic carbocycles. The van der Waals surface area contributed by atoms with Crippen LogP contribution in [0.15, 0.2) is 109 Å². The molecule has 0 heterocycles. The number of ether oxygens (including phenoxy) is 1. The van der Waals surface area contributed by atoms with E-state index in [1.807, 2.05) is 109 Å². The monoisotopic (exact) mass is 553 g/mol. The van der Waals surface area contributed by atoms with Gasteiger partial charge in [-0.15, -0.1) is 0 Å². The highest BCUT2D eigenvalue weighted by molar-refractivity contribution is 7.55. The van der Waals surface area contributed by atoms with Gasteiger partial charge in [-0.1, -0.05) is 97.1 Å². The average molecular weight is 554 g/mol. The first-order valence-corrected chi connectivity index (χ1v) is 15.0. The molecule has 5 rings (SSSR count). The largest absolute Gasteiger partial charge is 0.487 e. The fraction of sp³-hybridized carbons (Fsp3) is 0.182. The summed E-state index contributed by atoms with van der Waals surface area (Å²) < 4.78 is 32.0. The minimum Gasteiger partial charge on any atom is -0.487 e.